The fraction of sp³-hybridized carbons (Fsp3) is 0.360. The molecule has 1 N–H and O–H groups in total. The van der Waals surface area contributed by atoms with E-state index >= 15 is 0 Å². The van der Waals surface area contributed by atoms with Crippen LogP contribution in [0.25, 0.3) is 10.9 Å². The van der Waals surface area contributed by atoms with Gasteiger partial charge >= 0.3 is 0 Å². The number of pyridine rings is 1. The van der Waals surface area contributed by atoms with E-state index in [0.29, 0.717) is 29.2 Å². The van der Waals surface area contributed by atoms with E-state index in [0.717, 1.165) is 27.4 Å². The zero-order valence-electron chi connectivity index (χ0n) is 18.0. The molecule has 0 radical (unpaired) electrons. The number of nitrogens with one attached hydrogen (secondary N) is 1. The van der Waals surface area contributed by atoms with Gasteiger partial charge in [0.05, 0.1) is 11.1 Å². The van der Waals surface area contributed by atoms with E-state index in [4.69, 9.17) is 16.6 Å². The molecule has 1 aliphatic rings. The molecule has 0 spiro atoms. The molecule has 1 aliphatic heterocycles. The maximum atomic E-state index is 13.1. The van der Waals surface area contributed by atoms with Crippen LogP contribution in [0, 0.1) is 0 Å². The normalized spacial score (nSPS) is 19.5. The summed E-state index contributed by atoms with van der Waals surface area (Å²) >= 11 is 7.64. The summed E-state index contributed by atoms with van der Waals surface area (Å²) in [4.78, 5) is 21.4. The number of hydrogen-bond acceptors (Lipinski definition) is 4. The molecule has 1 saturated heterocycles. The second-order valence-corrected chi connectivity index (χ2v) is 9.74. The van der Waals surface area contributed by atoms with Crippen molar-refractivity contribution in [1.29, 1.82) is 0 Å². The number of piperidine rings is 1. The molecule has 0 bridgehead atoms. The van der Waals surface area contributed by atoms with Crippen molar-refractivity contribution < 1.29 is 4.79 Å². The number of halogens is 1. The van der Waals surface area contributed by atoms with E-state index in [9.17, 15) is 4.79 Å². The number of aromatic nitrogens is 1. The SMILES string of the molecule is C[C@H]1CCC[C@H](C)N1CCNC(=O)c1cc(Sc2cccc(Cl)c2)nc2ccccc12. The summed E-state index contributed by atoms with van der Waals surface area (Å²) < 4.78 is 0. The first-order chi connectivity index (χ1) is 15.0. The van der Waals surface area contributed by atoms with Gasteiger partial charge in [-0.25, -0.2) is 4.98 Å². The average Bonchev–Trinajstić information content (AvgIpc) is 2.75. The Kier molecular flexibility index (Phi) is 7.16. The lowest BCUT2D eigenvalue weighted by Crippen LogP contribution is -2.47. The molecule has 4 nitrogen and oxygen atoms in total. The number of benzene rings is 2. The molecule has 2 aromatic carbocycles. The summed E-state index contributed by atoms with van der Waals surface area (Å²) in [6, 6.07) is 18.5. The number of hydrogen-bond donors (Lipinski definition) is 1. The third-order valence-corrected chi connectivity index (χ3v) is 7.13. The summed E-state index contributed by atoms with van der Waals surface area (Å²) in [5.74, 6) is -0.0520. The van der Waals surface area contributed by atoms with Crippen LogP contribution in [0.5, 0.6) is 0 Å². The van der Waals surface area contributed by atoms with E-state index in [1.54, 1.807) is 0 Å². The average molecular weight is 454 g/mol. The van der Waals surface area contributed by atoms with Crippen molar-refractivity contribution in [3.63, 3.8) is 0 Å². The Bertz CT molecular complexity index is 1060. The first-order valence-electron chi connectivity index (χ1n) is 10.9. The second-order valence-electron chi connectivity index (χ2n) is 8.21. The van der Waals surface area contributed by atoms with Crippen LogP contribution in [0.15, 0.2) is 64.5 Å². The molecule has 2 heterocycles. The molecular formula is C25H28ClN3OS. The molecule has 162 valence electrons. The van der Waals surface area contributed by atoms with Gasteiger partial charge in [0.15, 0.2) is 0 Å². The number of carbonyl (C=O) groups is 1. The van der Waals surface area contributed by atoms with E-state index in [1.165, 1.54) is 31.0 Å². The van der Waals surface area contributed by atoms with Crippen molar-refractivity contribution in [2.24, 2.45) is 0 Å². The second kappa shape index (κ2) is 10.0. The third-order valence-electron chi connectivity index (χ3n) is 5.99. The Labute approximate surface area is 193 Å². The summed E-state index contributed by atoms with van der Waals surface area (Å²) in [7, 11) is 0. The lowest BCUT2D eigenvalue weighted by Gasteiger charge is -2.39. The number of carbonyl (C=O) groups excluding carboxylic acids is 1. The fourth-order valence-electron chi connectivity index (χ4n) is 4.35. The van der Waals surface area contributed by atoms with Gasteiger partial charge < -0.3 is 5.32 Å². The molecule has 4 rings (SSSR count). The maximum absolute atomic E-state index is 13.1. The molecule has 1 fully saturated rings. The van der Waals surface area contributed by atoms with E-state index in [1.807, 2.05) is 54.6 Å². The van der Waals surface area contributed by atoms with Gasteiger partial charge in [-0.2, -0.15) is 0 Å². The van der Waals surface area contributed by atoms with Crippen LogP contribution in [0.2, 0.25) is 5.02 Å². The molecule has 1 aromatic heterocycles. The summed E-state index contributed by atoms with van der Waals surface area (Å²) in [5, 5.41) is 5.48. The van der Waals surface area contributed by atoms with Crippen LogP contribution in [0.3, 0.4) is 0 Å². The fourth-order valence-corrected chi connectivity index (χ4v) is 5.50. The van der Waals surface area contributed by atoms with Gasteiger partial charge in [-0.3, -0.25) is 9.69 Å². The van der Waals surface area contributed by atoms with Gasteiger partial charge in [0.25, 0.3) is 5.91 Å². The Hall–Kier alpha value is -2.08. The molecule has 0 saturated carbocycles. The number of rotatable bonds is 6. The molecule has 0 aliphatic carbocycles. The number of fused-ring (bicyclic) bond motifs is 1. The van der Waals surface area contributed by atoms with E-state index in [-0.39, 0.29) is 5.91 Å². The molecule has 31 heavy (non-hydrogen) atoms. The predicted molar refractivity (Wildman–Crippen MR) is 129 cm³/mol. The van der Waals surface area contributed by atoms with Crippen molar-refractivity contribution in [3.05, 3.63) is 65.2 Å². The van der Waals surface area contributed by atoms with Crippen LogP contribution >= 0.6 is 23.4 Å². The van der Waals surface area contributed by atoms with Gasteiger partial charge in [0.1, 0.15) is 5.03 Å². The standard InChI is InChI=1S/C25H28ClN3OS/c1-17-7-5-8-18(2)29(17)14-13-27-25(30)22-16-24(28-23-12-4-3-11-21(22)23)31-20-10-6-9-19(26)15-20/h3-4,6,9-12,15-18H,5,7-8,13-14H2,1-2H3,(H,27,30)/t17-,18-/m0/s1. The van der Waals surface area contributed by atoms with Crippen LogP contribution in [0.4, 0.5) is 0 Å². The van der Waals surface area contributed by atoms with Crippen molar-refractivity contribution >= 4 is 40.2 Å². The van der Waals surface area contributed by atoms with Crippen LogP contribution in [-0.4, -0.2) is 41.0 Å². The smallest absolute Gasteiger partial charge is 0.252 e. The third kappa shape index (κ3) is 5.40. The van der Waals surface area contributed by atoms with Gasteiger partial charge in [-0.05, 0) is 57.0 Å². The first-order valence-corrected chi connectivity index (χ1v) is 12.1. The topological polar surface area (TPSA) is 45.2 Å². The monoisotopic (exact) mass is 453 g/mol. The zero-order chi connectivity index (χ0) is 21.8. The number of amides is 1. The molecule has 0 unspecified atom stereocenters. The lowest BCUT2D eigenvalue weighted by molar-refractivity contribution is 0.0890. The molecule has 6 heteroatoms. The van der Waals surface area contributed by atoms with Crippen molar-refractivity contribution in [1.82, 2.24) is 15.2 Å². The van der Waals surface area contributed by atoms with Crippen molar-refractivity contribution in [2.45, 2.75) is 55.1 Å². The predicted octanol–water partition coefficient (Wildman–Crippen LogP) is 6.03. The summed E-state index contributed by atoms with van der Waals surface area (Å²) in [5.41, 5.74) is 1.48. The quantitative estimate of drug-likeness (QED) is 0.494. The van der Waals surface area contributed by atoms with Crippen molar-refractivity contribution in [3.8, 4) is 0 Å². The van der Waals surface area contributed by atoms with Crippen LogP contribution in [-0.2, 0) is 0 Å². The number of likely N-dealkylation sites (tertiary alicyclic amines) is 1. The Morgan fingerprint density at radius 3 is 2.68 bits per heavy atom. The molecule has 2 atom stereocenters. The minimum Gasteiger partial charge on any atom is -0.351 e. The highest BCUT2D eigenvalue weighted by Gasteiger charge is 2.24. The number of nitrogens with zero attached hydrogens (tertiary/aromatic N) is 2. The van der Waals surface area contributed by atoms with Gasteiger partial charge in [0, 0.05) is 40.5 Å². The molecular weight excluding hydrogens is 426 g/mol. The Morgan fingerprint density at radius 1 is 1.13 bits per heavy atom. The van der Waals surface area contributed by atoms with Crippen LogP contribution in [0.1, 0.15) is 43.5 Å². The Balaban J connectivity index is 1.52. The molecule has 3 aromatic rings. The zero-order valence-corrected chi connectivity index (χ0v) is 19.5. The van der Waals surface area contributed by atoms with E-state index < -0.39 is 0 Å². The highest BCUT2D eigenvalue weighted by Crippen LogP contribution is 2.31. The highest BCUT2D eigenvalue weighted by molar-refractivity contribution is 7.99. The first kappa shape index (κ1) is 22.1. The van der Waals surface area contributed by atoms with Gasteiger partial charge in [0.2, 0.25) is 0 Å². The van der Waals surface area contributed by atoms with Crippen molar-refractivity contribution in [2.75, 3.05) is 13.1 Å². The largest absolute Gasteiger partial charge is 0.351 e. The van der Waals surface area contributed by atoms with E-state index in [2.05, 4.69) is 24.1 Å². The highest BCUT2D eigenvalue weighted by atomic mass is 35.5. The molecule has 1 amide bonds. The summed E-state index contributed by atoms with van der Waals surface area (Å²) in [6.45, 7) is 6.09. The maximum Gasteiger partial charge on any atom is 0.252 e. The lowest BCUT2D eigenvalue weighted by atomic mass is 9.98. The minimum atomic E-state index is -0.0520. The van der Waals surface area contributed by atoms with Gasteiger partial charge in [-0.1, -0.05) is 54.0 Å². The number of para-hydroxylation sites is 1. The minimum absolute atomic E-state index is 0.0520. The van der Waals surface area contributed by atoms with Crippen LogP contribution < -0.4 is 5.32 Å². The van der Waals surface area contributed by atoms with Gasteiger partial charge in [-0.15, -0.1) is 0 Å². The Morgan fingerprint density at radius 2 is 1.90 bits per heavy atom. The summed E-state index contributed by atoms with van der Waals surface area (Å²) in [6.07, 6.45) is 3.76.